The lowest BCUT2D eigenvalue weighted by Gasteiger charge is -2.02. The van der Waals surface area contributed by atoms with Crippen LogP contribution in [0.15, 0.2) is 71.3 Å². The predicted molar refractivity (Wildman–Crippen MR) is 96.6 cm³/mol. The summed E-state index contributed by atoms with van der Waals surface area (Å²) in [6.45, 7) is 2.06. The minimum atomic E-state index is -0.945. The number of benzene rings is 3. The Hall–Kier alpha value is -3.40. The van der Waals surface area contributed by atoms with Crippen LogP contribution in [0, 0.1) is 6.92 Å². The minimum absolute atomic E-state index is 0.248. The summed E-state index contributed by atoms with van der Waals surface area (Å²) >= 11 is 0. The van der Waals surface area contributed by atoms with Gasteiger partial charge in [0.1, 0.15) is 5.69 Å². The van der Waals surface area contributed by atoms with E-state index in [0.717, 1.165) is 22.1 Å². The number of nitrogens with zero attached hydrogens (tertiary/aromatic N) is 1. The number of aromatic carboxylic acids is 1. The molecule has 0 saturated carbocycles. The maximum atomic E-state index is 11.0. The Morgan fingerprint density at radius 3 is 2.20 bits per heavy atom. The van der Waals surface area contributed by atoms with Crippen molar-refractivity contribution in [2.75, 3.05) is 0 Å². The van der Waals surface area contributed by atoms with Crippen LogP contribution in [0.1, 0.15) is 15.9 Å². The van der Waals surface area contributed by atoms with Gasteiger partial charge in [0.05, 0.1) is 5.56 Å². The number of carboxylic acids is 1. The third-order valence-corrected chi connectivity index (χ3v) is 4.26. The van der Waals surface area contributed by atoms with Gasteiger partial charge in [-0.3, -0.25) is 0 Å². The number of carbonyl (C=O) groups is 1. The van der Waals surface area contributed by atoms with Crippen LogP contribution in [0.4, 0.5) is 0 Å². The highest BCUT2D eigenvalue weighted by molar-refractivity contribution is 5.95. The summed E-state index contributed by atoms with van der Waals surface area (Å²) in [6, 6.07) is 20.9. The van der Waals surface area contributed by atoms with Crippen molar-refractivity contribution in [3.05, 3.63) is 77.9 Å². The SMILES string of the molecule is Cc1ccc(-c2ccc3c(-c4ccc(C(=O)O)cc4)noc3c2)cc1. The summed E-state index contributed by atoms with van der Waals surface area (Å²) in [7, 11) is 0. The number of fused-ring (bicyclic) bond motifs is 1. The van der Waals surface area contributed by atoms with Gasteiger partial charge in [-0.1, -0.05) is 53.2 Å². The number of carboxylic acid groups (broad SMARTS) is 1. The standard InChI is InChI=1S/C21H15NO3/c1-13-2-4-14(5-3-13)17-10-11-18-19(12-17)25-22-20(18)15-6-8-16(9-7-15)21(23)24/h2-12H,1H3,(H,23,24). The highest BCUT2D eigenvalue weighted by atomic mass is 16.5. The van der Waals surface area contributed by atoms with Gasteiger partial charge in [-0.05, 0) is 42.3 Å². The first kappa shape index (κ1) is 15.1. The van der Waals surface area contributed by atoms with E-state index in [-0.39, 0.29) is 5.56 Å². The molecule has 3 aromatic carbocycles. The summed E-state index contributed by atoms with van der Waals surface area (Å²) in [5, 5.41) is 14.1. The molecule has 4 nitrogen and oxygen atoms in total. The van der Waals surface area contributed by atoms with Crippen molar-refractivity contribution in [1.82, 2.24) is 5.16 Å². The van der Waals surface area contributed by atoms with E-state index in [2.05, 4.69) is 36.3 Å². The van der Waals surface area contributed by atoms with Gasteiger partial charge >= 0.3 is 5.97 Å². The number of aryl methyl sites for hydroxylation is 1. The zero-order valence-electron chi connectivity index (χ0n) is 13.6. The largest absolute Gasteiger partial charge is 0.478 e. The zero-order valence-corrected chi connectivity index (χ0v) is 13.6. The van der Waals surface area contributed by atoms with Crippen molar-refractivity contribution >= 4 is 16.9 Å². The zero-order chi connectivity index (χ0) is 17.4. The Morgan fingerprint density at radius 2 is 1.52 bits per heavy atom. The molecular formula is C21H15NO3. The van der Waals surface area contributed by atoms with E-state index >= 15 is 0 Å². The summed E-state index contributed by atoms with van der Waals surface area (Å²) < 4.78 is 5.50. The van der Waals surface area contributed by atoms with Gasteiger partial charge in [-0.2, -0.15) is 0 Å². The van der Waals surface area contributed by atoms with Crippen LogP contribution in [-0.4, -0.2) is 16.2 Å². The highest BCUT2D eigenvalue weighted by Crippen LogP contribution is 2.31. The Kier molecular flexibility index (Phi) is 3.58. The quantitative estimate of drug-likeness (QED) is 0.563. The lowest BCUT2D eigenvalue weighted by Crippen LogP contribution is -1.94. The second-order valence-electron chi connectivity index (χ2n) is 5.99. The molecule has 0 aliphatic heterocycles. The highest BCUT2D eigenvalue weighted by Gasteiger charge is 2.12. The summed E-state index contributed by atoms with van der Waals surface area (Å²) in [6.07, 6.45) is 0. The van der Waals surface area contributed by atoms with E-state index < -0.39 is 5.97 Å². The molecule has 25 heavy (non-hydrogen) atoms. The monoisotopic (exact) mass is 329 g/mol. The first-order valence-corrected chi connectivity index (χ1v) is 7.92. The first-order chi connectivity index (χ1) is 12.1. The second kappa shape index (κ2) is 5.91. The Bertz CT molecular complexity index is 1060. The normalized spacial score (nSPS) is 10.9. The fraction of sp³-hybridized carbons (Fsp3) is 0.0476. The molecule has 0 fully saturated rings. The first-order valence-electron chi connectivity index (χ1n) is 7.92. The minimum Gasteiger partial charge on any atom is -0.478 e. The molecule has 0 spiro atoms. The molecule has 0 radical (unpaired) electrons. The molecule has 122 valence electrons. The van der Waals surface area contributed by atoms with Crippen molar-refractivity contribution < 1.29 is 14.4 Å². The van der Waals surface area contributed by atoms with Crippen LogP contribution in [-0.2, 0) is 0 Å². The van der Waals surface area contributed by atoms with Gasteiger partial charge in [0.15, 0.2) is 5.58 Å². The molecule has 1 heterocycles. The average molecular weight is 329 g/mol. The van der Waals surface area contributed by atoms with E-state index in [0.29, 0.717) is 11.3 Å². The molecule has 4 rings (SSSR count). The van der Waals surface area contributed by atoms with Gasteiger partial charge in [0.2, 0.25) is 0 Å². The third-order valence-electron chi connectivity index (χ3n) is 4.26. The molecule has 1 aromatic heterocycles. The summed E-state index contributed by atoms with van der Waals surface area (Å²) in [5.41, 5.74) is 5.90. The molecule has 0 atom stereocenters. The fourth-order valence-corrected chi connectivity index (χ4v) is 2.84. The van der Waals surface area contributed by atoms with Crippen molar-refractivity contribution in [1.29, 1.82) is 0 Å². The molecule has 4 heteroatoms. The Labute approximate surface area is 144 Å². The summed E-state index contributed by atoms with van der Waals surface area (Å²) in [5.74, 6) is -0.945. The number of aromatic nitrogens is 1. The number of rotatable bonds is 3. The summed E-state index contributed by atoms with van der Waals surface area (Å²) in [4.78, 5) is 11.0. The third kappa shape index (κ3) is 2.78. The molecule has 1 N–H and O–H groups in total. The van der Waals surface area contributed by atoms with Crippen molar-refractivity contribution in [2.45, 2.75) is 6.92 Å². The van der Waals surface area contributed by atoms with Gasteiger partial charge in [-0.15, -0.1) is 0 Å². The van der Waals surface area contributed by atoms with Crippen molar-refractivity contribution in [3.8, 4) is 22.4 Å². The topological polar surface area (TPSA) is 63.3 Å². The van der Waals surface area contributed by atoms with Crippen LogP contribution < -0.4 is 0 Å². The van der Waals surface area contributed by atoms with Gasteiger partial charge in [0, 0.05) is 10.9 Å². The Morgan fingerprint density at radius 1 is 0.880 bits per heavy atom. The molecule has 0 amide bonds. The van der Waals surface area contributed by atoms with Crippen molar-refractivity contribution in [3.63, 3.8) is 0 Å². The van der Waals surface area contributed by atoms with Crippen LogP contribution in [0.25, 0.3) is 33.4 Å². The van der Waals surface area contributed by atoms with E-state index in [4.69, 9.17) is 9.63 Å². The lowest BCUT2D eigenvalue weighted by molar-refractivity contribution is 0.0697. The van der Waals surface area contributed by atoms with E-state index in [1.165, 1.54) is 5.56 Å². The predicted octanol–water partition coefficient (Wildman–Crippen LogP) is 5.17. The molecule has 0 aliphatic carbocycles. The molecule has 4 aromatic rings. The van der Waals surface area contributed by atoms with Gasteiger partial charge in [-0.25, -0.2) is 4.79 Å². The van der Waals surface area contributed by atoms with Gasteiger partial charge < -0.3 is 9.63 Å². The Balaban J connectivity index is 1.75. The van der Waals surface area contributed by atoms with E-state index in [9.17, 15) is 4.79 Å². The van der Waals surface area contributed by atoms with Gasteiger partial charge in [0.25, 0.3) is 0 Å². The van der Waals surface area contributed by atoms with Crippen LogP contribution in [0.5, 0.6) is 0 Å². The average Bonchev–Trinajstić information content (AvgIpc) is 3.05. The van der Waals surface area contributed by atoms with E-state index in [1.807, 2.05) is 18.2 Å². The molecule has 0 unspecified atom stereocenters. The number of hydrogen-bond donors (Lipinski definition) is 1. The van der Waals surface area contributed by atoms with Crippen LogP contribution in [0.3, 0.4) is 0 Å². The maximum Gasteiger partial charge on any atom is 0.335 e. The molecule has 0 saturated heterocycles. The molecule has 0 aliphatic rings. The van der Waals surface area contributed by atoms with Crippen molar-refractivity contribution in [2.24, 2.45) is 0 Å². The molecular weight excluding hydrogens is 314 g/mol. The van der Waals surface area contributed by atoms with Crippen LogP contribution in [0.2, 0.25) is 0 Å². The lowest BCUT2D eigenvalue weighted by atomic mass is 10.0. The maximum absolute atomic E-state index is 11.0. The molecule has 0 bridgehead atoms. The second-order valence-corrected chi connectivity index (χ2v) is 5.99. The smallest absolute Gasteiger partial charge is 0.335 e. The fourth-order valence-electron chi connectivity index (χ4n) is 2.84. The number of hydrogen-bond acceptors (Lipinski definition) is 3. The van der Waals surface area contributed by atoms with E-state index in [1.54, 1.807) is 24.3 Å². The van der Waals surface area contributed by atoms with Crippen LogP contribution >= 0.6 is 0 Å².